The van der Waals surface area contributed by atoms with Crippen molar-refractivity contribution >= 4 is 21.8 Å². The number of hydrogen-bond donors (Lipinski definition) is 3. The van der Waals surface area contributed by atoms with Gasteiger partial charge in [0.25, 0.3) is 5.91 Å². The lowest BCUT2D eigenvalue weighted by atomic mass is 10.1. The summed E-state index contributed by atoms with van der Waals surface area (Å²) in [4.78, 5) is 24.5. The van der Waals surface area contributed by atoms with Crippen LogP contribution in [0.15, 0.2) is 47.4 Å². The van der Waals surface area contributed by atoms with Crippen molar-refractivity contribution in [1.82, 2.24) is 15.4 Å². The first-order valence-electron chi connectivity index (χ1n) is 9.81. The van der Waals surface area contributed by atoms with E-state index in [1.165, 1.54) is 30.3 Å². The van der Waals surface area contributed by atoms with Gasteiger partial charge >= 0.3 is 0 Å². The zero-order valence-electron chi connectivity index (χ0n) is 18.1. The summed E-state index contributed by atoms with van der Waals surface area (Å²) in [6.45, 7) is 7.25. The number of amides is 2. The molecule has 2 aromatic rings. The van der Waals surface area contributed by atoms with E-state index in [-0.39, 0.29) is 35.9 Å². The van der Waals surface area contributed by atoms with Crippen LogP contribution in [0.3, 0.4) is 0 Å². The van der Waals surface area contributed by atoms with Crippen molar-refractivity contribution < 1.29 is 22.4 Å². The maximum atomic E-state index is 13.2. The molecule has 0 radical (unpaired) electrons. The summed E-state index contributed by atoms with van der Waals surface area (Å²) in [6, 6.07) is 10.1. The molecule has 0 aliphatic heterocycles. The molecule has 7 nitrogen and oxygen atoms in total. The second kappa shape index (κ2) is 10.0. The summed E-state index contributed by atoms with van der Waals surface area (Å²) in [7, 11) is -3.77. The van der Waals surface area contributed by atoms with Gasteiger partial charge in [-0.15, -0.1) is 0 Å². The number of aryl methyl sites for hydroxylation is 1. The molecule has 2 aromatic carbocycles. The van der Waals surface area contributed by atoms with Crippen molar-refractivity contribution in [2.45, 2.75) is 44.6 Å². The van der Waals surface area contributed by atoms with E-state index >= 15 is 0 Å². The lowest BCUT2D eigenvalue weighted by Crippen LogP contribution is -2.40. The molecule has 0 bridgehead atoms. The van der Waals surface area contributed by atoms with Gasteiger partial charge < -0.3 is 10.6 Å². The molecule has 0 saturated heterocycles. The van der Waals surface area contributed by atoms with E-state index in [4.69, 9.17) is 0 Å². The number of rotatable bonds is 8. The Morgan fingerprint density at radius 3 is 2.32 bits per heavy atom. The summed E-state index contributed by atoms with van der Waals surface area (Å²) < 4.78 is 40.8. The van der Waals surface area contributed by atoms with Gasteiger partial charge in [-0.1, -0.05) is 18.2 Å². The molecule has 0 unspecified atom stereocenters. The summed E-state index contributed by atoms with van der Waals surface area (Å²) in [5.74, 6) is -1.14. The Kier molecular flexibility index (Phi) is 7.91. The molecule has 2 rings (SSSR count). The highest BCUT2D eigenvalue weighted by atomic mass is 32.2. The molecule has 0 spiro atoms. The molecule has 0 fully saturated rings. The van der Waals surface area contributed by atoms with Crippen LogP contribution >= 0.6 is 0 Å². The molecule has 0 aliphatic carbocycles. The first kappa shape index (κ1) is 24.5. The monoisotopic (exact) mass is 449 g/mol. The van der Waals surface area contributed by atoms with Gasteiger partial charge in [0.1, 0.15) is 5.82 Å². The molecule has 9 heteroatoms. The predicted molar refractivity (Wildman–Crippen MR) is 117 cm³/mol. The fraction of sp³-hybridized carbons (Fsp3) is 0.364. The van der Waals surface area contributed by atoms with Crippen LogP contribution in [0.4, 0.5) is 4.39 Å². The van der Waals surface area contributed by atoms with Gasteiger partial charge in [-0.25, -0.2) is 17.5 Å². The second-order valence-corrected chi connectivity index (χ2v) is 9.93. The number of hydrogen-bond acceptors (Lipinski definition) is 4. The molecule has 31 heavy (non-hydrogen) atoms. The van der Waals surface area contributed by atoms with Gasteiger partial charge in [0.15, 0.2) is 0 Å². The molecule has 0 atom stereocenters. The second-order valence-electron chi connectivity index (χ2n) is 8.24. The molecule has 0 heterocycles. The largest absolute Gasteiger partial charge is 0.354 e. The van der Waals surface area contributed by atoms with E-state index in [0.29, 0.717) is 11.1 Å². The van der Waals surface area contributed by atoms with Crippen LogP contribution in [-0.4, -0.2) is 38.9 Å². The molecule has 0 aromatic heterocycles. The highest BCUT2D eigenvalue weighted by Crippen LogP contribution is 2.17. The standard InChI is InChI=1S/C22H28FN3O4S/c1-15-8-9-18(31(29,30)26-22(2,3)4)14-19(15)21(28)25-11-10-24-20(27)13-16-6-5-7-17(23)12-16/h5-9,12,14,26H,10-11,13H2,1-4H3,(H,24,27)(H,25,28). The Balaban J connectivity index is 1.92. The van der Waals surface area contributed by atoms with Crippen molar-refractivity contribution in [2.75, 3.05) is 13.1 Å². The minimum atomic E-state index is -3.77. The smallest absolute Gasteiger partial charge is 0.251 e. The molecular formula is C22H28FN3O4S. The SMILES string of the molecule is Cc1ccc(S(=O)(=O)NC(C)(C)C)cc1C(=O)NCCNC(=O)Cc1cccc(F)c1. The Morgan fingerprint density at radius 2 is 1.68 bits per heavy atom. The Labute approximate surface area is 182 Å². The van der Waals surface area contributed by atoms with Gasteiger partial charge in [0.2, 0.25) is 15.9 Å². The fourth-order valence-corrected chi connectivity index (χ4v) is 4.29. The first-order chi connectivity index (χ1) is 14.4. The number of carbonyl (C=O) groups is 2. The molecular weight excluding hydrogens is 421 g/mol. The van der Waals surface area contributed by atoms with Crippen molar-refractivity contribution in [2.24, 2.45) is 0 Å². The highest BCUT2D eigenvalue weighted by molar-refractivity contribution is 7.89. The van der Waals surface area contributed by atoms with Gasteiger partial charge in [0.05, 0.1) is 11.3 Å². The Hall–Kier alpha value is -2.78. The van der Waals surface area contributed by atoms with E-state index < -0.39 is 27.3 Å². The van der Waals surface area contributed by atoms with E-state index in [9.17, 15) is 22.4 Å². The lowest BCUT2D eigenvalue weighted by Gasteiger charge is -2.20. The van der Waals surface area contributed by atoms with Crippen molar-refractivity contribution in [3.63, 3.8) is 0 Å². The fourth-order valence-electron chi connectivity index (χ4n) is 2.84. The third-order valence-corrected chi connectivity index (χ3v) is 5.95. The van der Waals surface area contributed by atoms with Crippen molar-refractivity contribution in [1.29, 1.82) is 0 Å². The van der Waals surface area contributed by atoms with Crippen LogP contribution in [0.25, 0.3) is 0 Å². The predicted octanol–water partition coefficient (Wildman–Crippen LogP) is 2.30. The van der Waals surface area contributed by atoms with Crippen molar-refractivity contribution in [3.8, 4) is 0 Å². The maximum absolute atomic E-state index is 13.2. The molecule has 0 aliphatic rings. The van der Waals surface area contributed by atoms with Crippen LogP contribution < -0.4 is 15.4 Å². The third kappa shape index (κ3) is 7.76. The summed E-state index contributed by atoms with van der Waals surface area (Å²) in [6.07, 6.45) is 0.0332. The van der Waals surface area contributed by atoms with Gasteiger partial charge in [0, 0.05) is 24.2 Å². The summed E-state index contributed by atoms with van der Waals surface area (Å²) in [5, 5.41) is 5.32. The Morgan fingerprint density at radius 1 is 1.00 bits per heavy atom. The van der Waals surface area contributed by atoms with Crippen LogP contribution in [0, 0.1) is 12.7 Å². The number of carbonyl (C=O) groups excluding carboxylic acids is 2. The average Bonchev–Trinajstić information content (AvgIpc) is 2.63. The minimum Gasteiger partial charge on any atom is -0.354 e. The highest BCUT2D eigenvalue weighted by Gasteiger charge is 2.23. The van der Waals surface area contributed by atoms with E-state index in [1.807, 2.05) is 0 Å². The van der Waals surface area contributed by atoms with Gasteiger partial charge in [-0.2, -0.15) is 0 Å². The zero-order chi connectivity index (χ0) is 23.2. The van der Waals surface area contributed by atoms with E-state index in [2.05, 4.69) is 15.4 Å². The number of benzene rings is 2. The maximum Gasteiger partial charge on any atom is 0.251 e. The van der Waals surface area contributed by atoms with Crippen LogP contribution in [0.2, 0.25) is 0 Å². The normalized spacial score (nSPS) is 11.8. The summed E-state index contributed by atoms with van der Waals surface area (Å²) in [5.41, 5.74) is 0.764. The molecule has 168 valence electrons. The van der Waals surface area contributed by atoms with E-state index in [1.54, 1.807) is 39.8 Å². The van der Waals surface area contributed by atoms with Crippen LogP contribution in [0.5, 0.6) is 0 Å². The molecule has 3 N–H and O–H groups in total. The molecule has 0 saturated carbocycles. The third-order valence-electron chi connectivity index (χ3n) is 4.19. The lowest BCUT2D eigenvalue weighted by molar-refractivity contribution is -0.120. The Bertz CT molecular complexity index is 1060. The van der Waals surface area contributed by atoms with Crippen LogP contribution in [0.1, 0.15) is 42.3 Å². The quantitative estimate of drug-likeness (QED) is 0.538. The topological polar surface area (TPSA) is 104 Å². The van der Waals surface area contributed by atoms with Crippen LogP contribution in [-0.2, 0) is 21.2 Å². The van der Waals surface area contributed by atoms with Crippen molar-refractivity contribution in [3.05, 3.63) is 65.0 Å². The van der Waals surface area contributed by atoms with Gasteiger partial charge in [-0.3, -0.25) is 9.59 Å². The average molecular weight is 450 g/mol. The number of sulfonamides is 1. The van der Waals surface area contributed by atoms with E-state index in [0.717, 1.165) is 0 Å². The molecule has 2 amide bonds. The first-order valence-corrected chi connectivity index (χ1v) is 11.3. The number of nitrogens with one attached hydrogen (secondary N) is 3. The zero-order valence-corrected chi connectivity index (χ0v) is 18.9. The number of halogens is 1. The van der Waals surface area contributed by atoms with Gasteiger partial charge in [-0.05, 0) is 63.1 Å². The minimum absolute atomic E-state index is 0.00145. The summed E-state index contributed by atoms with van der Waals surface area (Å²) >= 11 is 0.